The Morgan fingerprint density at radius 2 is 1.85 bits per heavy atom. The number of halogens is 1. The molecule has 0 spiro atoms. The Balaban J connectivity index is 2.39. The van der Waals surface area contributed by atoms with E-state index in [2.05, 4.69) is 5.32 Å². The number of nitrogens with one attached hydrogen (secondary N) is 1. The second-order valence-electron chi connectivity index (χ2n) is 4.99. The average molecular weight is 289 g/mol. The van der Waals surface area contributed by atoms with Crippen molar-refractivity contribution in [2.24, 2.45) is 5.73 Å². The highest BCUT2D eigenvalue weighted by Crippen LogP contribution is 2.28. The molecule has 20 heavy (non-hydrogen) atoms. The van der Waals surface area contributed by atoms with E-state index in [9.17, 15) is 4.79 Å². The van der Waals surface area contributed by atoms with Crippen LogP contribution in [0.5, 0.6) is 0 Å². The smallest absolute Gasteiger partial charge is 0.247 e. The number of amides is 1. The zero-order valence-electron chi connectivity index (χ0n) is 11.5. The maximum atomic E-state index is 11.9. The van der Waals surface area contributed by atoms with Crippen molar-refractivity contribution in [3.05, 3.63) is 64.7 Å². The van der Waals surface area contributed by atoms with Gasteiger partial charge in [0.15, 0.2) is 0 Å². The topological polar surface area (TPSA) is 55.1 Å². The molecule has 0 saturated heterocycles. The van der Waals surface area contributed by atoms with Crippen LogP contribution < -0.4 is 11.1 Å². The Hall–Kier alpha value is -2.00. The number of carbonyl (C=O) groups is 1. The van der Waals surface area contributed by atoms with Crippen molar-refractivity contribution < 1.29 is 4.79 Å². The highest BCUT2D eigenvalue weighted by Gasteiger charge is 2.33. The molecule has 0 radical (unpaired) electrons. The molecule has 2 aromatic carbocycles. The van der Waals surface area contributed by atoms with Crippen molar-refractivity contribution in [3.63, 3.8) is 0 Å². The van der Waals surface area contributed by atoms with Gasteiger partial charge in [0.2, 0.25) is 5.91 Å². The summed E-state index contributed by atoms with van der Waals surface area (Å²) in [5.74, 6) is -0.458. The highest BCUT2D eigenvalue weighted by atomic mass is 35.5. The highest BCUT2D eigenvalue weighted by molar-refractivity contribution is 6.30. The number of hydrogen-bond acceptors (Lipinski definition) is 2. The van der Waals surface area contributed by atoms with Crippen LogP contribution in [-0.2, 0) is 10.3 Å². The fourth-order valence-corrected chi connectivity index (χ4v) is 2.19. The second-order valence-corrected chi connectivity index (χ2v) is 5.43. The van der Waals surface area contributed by atoms with E-state index in [-0.39, 0.29) is 0 Å². The molecule has 0 fully saturated rings. The summed E-state index contributed by atoms with van der Waals surface area (Å²) in [7, 11) is 0. The lowest BCUT2D eigenvalue weighted by atomic mass is 9.91. The van der Waals surface area contributed by atoms with Crippen LogP contribution in [0.2, 0.25) is 5.02 Å². The molecule has 0 aliphatic rings. The minimum Gasteiger partial charge on any atom is -0.368 e. The molecular weight excluding hydrogens is 272 g/mol. The third kappa shape index (κ3) is 2.94. The monoisotopic (exact) mass is 288 g/mol. The lowest BCUT2D eigenvalue weighted by Gasteiger charge is -2.29. The molecule has 0 heterocycles. The quantitative estimate of drug-likeness (QED) is 0.905. The number of hydrogen-bond donors (Lipinski definition) is 2. The number of nitrogens with two attached hydrogens (primary N) is 1. The second kappa shape index (κ2) is 5.55. The van der Waals surface area contributed by atoms with E-state index in [0.29, 0.717) is 5.02 Å². The first kappa shape index (κ1) is 14.4. The predicted octanol–water partition coefficient (Wildman–Crippen LogP) is 3.46. The van der Waals surface area contributed by atoms with Gasteiger partial charge in [0.25, 0.3) is 0 Å². The summed E-state index contributed by atoms with van der Waals surface area (Å²) in [4.78, 5) is 11.9. The van der Waals surface area contributed by atoms with Crippen LogP contribution in [0.3, 0.4) is 0 Å². The molecule has 1 unspecified atom stereocenters. The van der Waals surface area contributed by atoms with E-state index in [0.717, 1.165) is 16.8 Å². The standard InChI is InChI=1S/C16H17ClN2O/c1-11-6-8-14(9-7-11)19-16(2,15(18)20)12-4-3-5-13(17)10-12/h3-10,19H,1-2H3,(H2,18,20). The van der Waals surface area contributed by atoms with Gasteiger partial charge in [0.05, 0.1) is 0 Å². The van der Waals surface area contributed by atoms with Crippen molar-refractivity contribution in [3.8, 4) is 0 Å². The van der Waals surface area contributed by atoms with Crippen LogP contribution >= 0.6 is 11.6 Å². The number of anilines is 1. The van der Waals surface area contributed by atoms with Gasteiger partial charge in [-0.05, 0) is 43.7 Å². The van der Waals surface area contributed by atoms with E-state index >= 15 is 0 Å². The van der Waals surface area contributed by atoms with Gasteiger partial charge >= 0.3 is 0 Å². The summed E-state index contributed by atoms with van der Waals surface area (Å²) < 4.78 is 0. The van der Waals surface area contributed by atoms with Gasteiger partial charge in [-0.25, -0.2) is 0 Å². The molecule has 0 aliphatic carbocycles. The molecule has 0 bridgehead atoms. The van der Waals surface area contributed by atoms with Crippen molar-refractivity contribution in [1.82, 2.24) is 0 Å². The number of benzene rings is 2. The van der Waals surface area contributed by atoms with E-state index < -0.39 is 11.4 Å². The lowest BCUT2D eigenvalue weighted by molar-refractivity contribution is -0.122. The number of carbonyl (C=O) groups excluding carboxylic acids is 1. The summed E-state index contributed by atoms with van der Waals surface area (Å²) in [6, 6.07) is 14.9. The van der Waals surface area contributed by atoms with Gasteiger partial charge in [-0.15, -0.1) is 0 Å². The van der Waals surface area contributed by atoms with Crippen LogP contribution in [-0.4, -0.2) is 5.91 Å². The van der Waals surface area contributed by atoms with E-state index in [1.165, 1.54) is 0 Å². The SMILES string of the molecule is Cc1ccc(NC(C)(C(N)=O)c2cccc(Cl)c2)cc1. The van der Waals surface area contributed by atoms with Crippen LogP contribution in [0.4, 0.5) is 5.69 Å². The van der Waals surface area contributed by atoms with Crippen LogP contribution in [0.15, 0.2) is 48.5 Å². The molecular formula is C16H17ClN2O. The normalized spacial score (nSPS) is 13.6. The lowest BCUT2D eigenvalue weighted by Crippen LogP contribution is -2.45. The third-order valence-corrected chi connectivity index (χ3v) is 3.58. The number of rotatable bonds is 4. The maximum absolute atomic E-state index is 11.9. The summed E-state index contributed by atoms with van der Waals surface area (Å²) in [6.45, 7) is 3.76. The first-order valence-corrected chi connectivity index (χ1v) is 6.70. The Morgan fingerprint density at radius 3 is 2.40 bits per heavy atom. The fourth-order valence-electron chi connectivity index (χ4n) is 2.00. The van der Waals surface area contributed by atoms with Gasteiger partial charge in [0, 0.05) is 10.7 Å². The van der Waals surface area contributed by atoms with Gasteiger partial charge in [0.1, 0.15) is 5.54 Å². The van der Waals surface area contributed by atoms with E-state index in [1.807, 2.05) is 37.3 Å². The minimum absolute atomic E-state index is 0.458. The van der Waals surface area contributed by atoms with Crippen molar-refractivity contribution in [1.29, 1.82) is 0 Å². The Bertz CT molecular complexity index is 625. The average Bonchev–Trinajstić information content (AvgIpc) is 2.41. The molecule has 2 rings (SSSR count). The van der Waals surface area contributed by atoms with Gasteiger partial charge < -0.3 is 11.1 Å². The van der Waals surface area contributed by atoms with Gasteiger partial charge in [-0.3, -0.25) is 4.79 Å². The van der Waals surface area contributed by atoms with Gasteiger partial charge in [-0.1, -0.05) is 41.4 Å². The van der Waals surface area contributed by atoms with E-state index in [4.69, 9.17) is 17.3 Å². The molecule has 1 amide bonds. The van der Waals surface area contributed by atoms with Crippen LogP contribution in [0.1, 0.15) is 18.1 Å². The Morgan fingerprint density at radius 1 is 1.20 bits per heavy atom. The Kier molecular flexibility index (Phi) is 4.00. The van der Waals surface area contributed by atoms with E-state index in [1.54, 1.807) is 25.1 Å². The van der Waals surface area contributed by atoms with Crippen molar-refractivity contribution in [2.75, 3.05) is 5.32 Å². The van der Waals surface area contributed by atoms with Crippen molar-refractivity contribution >= 4 is 23.2 Å². The largest absolute Gasteiger partial charge is 0.368 e. The van der Waals surface area contributed by atoms with Crippen LogP contribution in [0, 0.1) is 6.92 Å². The zero-order chi connectivity index (χ0) is 14.8. The first-order chi connectivity index (χ1) is 9.41. The summed E-state index contributed by atoms with van der Waals surface area (Å²) in [5, 5.41) is 3.76. The first-order valence-electron chi connectivity index (χ1n) is 6.32. The summed E-state index contributed by atoms with van der Waals surface area (Å²) >= 11 is 6.00. The molecule has 1 atom stereocenters. The number of aryl methyl sites for hydroxylation is 1. The third-order valence-electron chi connectivity index (χ3n) is 3.34. The van der Waals surface area contributed by atoms with Crippen molar-refractivity contribution in [2.45, 2.75) is 19.4 Å². The number of primary amides is 1. The van der Waals surface area contributed by atoms with Gasteiger partial charge in [-0.2, -0.15) is 0 Å². The Labute approximate surface area is 123 Å². The fraction of sp³-hybridized carbons (Fsp3) is 0.188. The minimum atomic E-state index is -1.01. The predicted molar refractivity (Wildman–Crippen MR) is 82.8 cm³/mol. The maximum Gasteiger partial charge on any atom is 0.247 e. The molecule has 2 aromatic rings. The molecule has 4 heteroatoms. The molecule has 0 saturated carbocycles. The van der Waals surface area contributed by atoms with Crippen LogP contribution in [0.25, 0.3) is 0 Å². The molecule has 0 aromatic heterocycles. The zero-order valence-corrected chi connectivity index (χ0v) is 12.2. The molecule has 0 aliphatic heterocycles. The summed E-state index contributed by atoms with van der Waals surface area (Å²) in [5.41, 5.74) is 7.29. The molecule has 3 nitrogen and oxygen atoms in total. The molecule has 104 valence electrons. The molecule has 3 N–H and O–H groups in total. The summed E-state index contributed by atoms with van der Waals surface area (Å²) in [6.07, 6.45) is 0.